The fourth-order valence-corrected chi connectivity index (χ4v) is 10.8. The summed E-state index contributed by atoms with van der Waals surface area (Å²) < 4.78 is 24.1. The molecule has 0 unspecified atom stereocenters. The van der Waals surface area contributed by atoms with E-state index in [9.17, 15) is 19.5 Å². The zero-order valence-electron chi connectivity index (χ0n) is 25.9. The molecule has 0 aromatic carbocycles. The summed E-state index contributed by atoms with van der Waals surface area (Å²) in [4.78, 5) is 36.2. The minimum absolute atomic E-state index is 0.0256. The number of aliphatic hydroxyl groups is 1. The van der Waals surface area contributed by atoms with Crippen molar-refractivity contribution >= 4 is 17.9 Å². The molecule has 4 saturated carbocycles. The van der Waals surface area contributed by atoms with Crippen molar-refractivity contribution in [2.45, 2.75) is 130 Å². The average molecular weight is 575 g/mol. The highest BCUT2D eigenvalue weighted by Gasteiger charge is 2.75. The van der Waals surface area contributed by atoms with Crippen molar-refractivity contribution in [3.8, 4) is 0 Å². The molecule has 13 atom stereocenters. The van der Waals surface area contributed by atoms with E-state index in [1.807, 2.05) is 6.92 Å². The van der Waals surface area contributed by atoms with E-state index < -0.39 is 23.4 Å². The highest BCUT2D eigenvalue weighted by Crippen LogP contribution is 2.72. The van der Waals surface area contributed by atoms with E-state index in [0.717, 1.165) is 44.1 Å². The lowest BCUT2D eigenvalue weighted by atomic mass is 9.43. The van der Waals surface area contributed by atoms with Gasteiger partial charge in [-0.1, -0.05) is 32.9 Å². The number of ether oxygens (including phenoxy) is 4. The van der Waals surface area contributed by atoms with Gasteiger partial charge in [-0.2, -0.15) is 0 Å². The lowest BCUT2D eigenvalue weighted by molar-refractivity contribution is -0.226. The van der Waals surface area contributed by atoms with Crippen molar-refractivity contribution in [1.29, 1.82) is 0 Å². The number of hydrogen-bond donors (Lipinski definition) is 1. The van der Waals surface area contributed by atoms with Crippen molar-refractivity contribution in [2.24, 2.45) is 46.3 Å². The summed E-state index contributed by atoms with van der Waals surface area (Å²) in [7, 11) is 0. The molecule has 8 nitrogen and oxygen atoms in total. The Bertz CT molecular complexity index is 1070. The van der Waals surface area contributed by atoms with E-state index in [2.05, 4.69) is 27.4 Å². The van der Waals surface area contributed by atoms with E-state index in [-0.39, 0.29) is 53.3 Å². The van der Waals surface area contributed by atoms with Gasteiger partial charge in [0.05, 0.1) is 0 Å². The van der Waals surface area contributed by atoms with Gasteiger partial charge in [-0.3, -0.25) is 14.4 Å². The van der Waals surface area contributed by atoms with Crippen LogP contribution in [0.3, 0.4) is 0 Å². The highest BCUT2D eigenvalue weighted by atomic mass is 16.7. The molecule has 5 fully saturated rings. The number of fused-ring (bicyclic) bond motifs is 7. The molecule has 0 spiro atoms. The topological polar surface area (TPSA) is 108 Å². The first-order chi connectivity index (χ1) is 19.1. The molecule has 8 heteroatoms. The van der Waals surface area contributed by atoms with Crippen LogP contribution in [0.2, 0.25) is 0 Å². The number of rotatable bonds is 6. The summed E-state index contributed by atoms with van der Waals surface area (Å²) in [6.07, 6.45) is 5.10. The second kappa shape index (κ2) is 10.7. The van der Waals surface area contributed by atoms with E-state index in [4.69, 9.17) is 18.9 Å². The predicted molar refractivity (Wildman–Crippen MR) is 151 cm³/mol. The lowest BCUT2D eigenvalue weighted by Gasteiger charge is -2.62. The van der Waals surface area contributed by atoms with E-state index in [1.165, 1.54) is 20.8 Å². The first-order valence-corrected chi connectivity index (χ1v) is 15.7. The van der Waals surface area contributed by atoms with Gasteiger partial charge < -0.3 is 24.1 Å². The Morgan fingerprint density at radius 3 is 2.27 bits per heavy atom. The molecule has 0 aromatic rings. The third-order valence-corrected chi connectivity index (χ3v) is 12.1. The van der Waals surface area contributed by atoms with Crippen LogP contribution in [0.15, 0.2) is 12.2 Å². The Hall–Kier alpha value is -1.93. The molecule has 4 aliphatic carbocycles. The van der Waals surface area contributed by atoms with Gasteiger partial charge in [-0.25, -0.2) is 0 Å². The minimum Gasteiger partial charge on any atom is -0.463 e. The maximum Gasteiger partial charge on any atom is 0.303 e. The summed E-state index contributed by atoms with van der Waals surface area (Å²) in [5.74, 6) is -1.41. The molecular weight excluding hydrogens is 524 g/mol. The molecule has 1 N–H and O–H groups in total. The molecular formula is C33H50O8. The molecule has 41 heavy (non-hydrogen) atoms. The van der Waals surface area contributed by atoms with Crippen molar-refractivity contribution in [2.75, 3.05) is 0 Å². The minimum atomic E-state index is -1.39. The first kappa shape index (κ1) is 30.5. The molecule has 0 bridgehead atoms. The molecule has 0 radical (unpaired) electrons. The monoisotopic (exact) mass is 574 g/mol. The van der Waals surface area contributed by atoms with Gasteiger partial charge in [-0.05, 0) is 80.5 Å². The number of hydrogen-bond acceptors (Lipinski definition) is 8. The van der Waals surface area contributed by atoms with Crippen LogP contribution in [-0.2, 0) is 33.3 Å². The average Bonchev–Trinajstić information content (AvgIpc) is 3.25. The smallest absolute Gasteiger partial charge is 0.303 e. The first-order valence-electron chi connectivity index (χ1n) is 15.7. The molecule has 1 heterocycles. The Morgan fingerprint density at radius 1 is 0.976 bits per heavy atom. The van der Waals surface area contributed by atoms with E-state index in [0.29, 0.717) is 30.6 Å². The van der Waals surface area contributed by atoms with Crippen LogP contribution >= 0.6 is 0 Å². The number of carbonyl (C=O) groups excluding carboxylic acids is 3. The fraction of sp³-hybridized carbons (Fsp3) is 0.848. The van der Waals surface area contributed by atoms with Crippen molar-refractivity contribution in [1.82, 2.24) is 0 Å². The Labute approximate surface area is 244 Å². The Kier molecular flexibility index (Phi) is 7.93. The zero-order chi connectivity index (χ0) is 30.1. The van der Waals surface area contributed by atoms with Crippen molar-refractivity contribution < 1.29 is 38.4 Å². The third kappa shape index (κ3) is 5.05. The zero-order valence-corrected chi connectivity index (χ0v) is 25.9. The molecule has 1 saturated heterocycles. The van der Waals surface area contributed by atoms with Gasteiger partial charge in [0.2, 0.25) is 0 Å². The van der Waals surface area contributed by atoms with Gasteiger partial charge in [0.25, 0.3) is 0 Å². The molecule has 5 rings (SSSR count). The van der Waals surface area contributed by atoms with Crippen LogP contribution < -0.4 is 0 Å². The van der Waals surface area contributed by atoms with Gasteiger partial charge in [0.15, 0.2) is 5.79 Å². The van der Waals surface area contributed by atoms with Crippen LogP contribution in [0.5, 0.6) is 0 Å². The van der Waals surface area contributed by atoms with E-state index >= 15 is 0 Å². The quantitative estimate of drug-likeness (QED) is 0.257. The van der Waals surface area contributed by atoms with E-state index in [1.54, 1.807) is 0 Å². The van der Waals surface area contributed by atoms with Gasteiger partial charge in [0.1, 0.15) is 24.4 Å². The number of carbonyl (C=O) groups is 3. The van der Waals surface area contributed by atoms with Crippen LogP contribution in [0, 0.1) is 46.3 Å². The fourth-order valence-electron chi connectivity index (χ4n) is 10.8. The lowest BCUT2D eigenvalue weighted by Crippen LogP contribution is -2.60. The molecule has 0 aromatic heterocycles. The summed E-state index contributed by atoms with van der Waals surface area (Å²) in [6, 6.07) is 0. The normalized spacial score (nSPS) is 47.2. The molecule has 1 aliphatic heterocycles. The second-order valence-electron chi connectivity index (χ2n) is 14.6. The second-order valence-corrected chi connectivity index (χ2v) is 14.6. The SMILES string of the molecule is C=C(C)C[C@@H](OC(C)=O)[C@H]1O[C@@]2(O)C[C@H]3[C@@H]4CC[C@H]5C[C@@H](OC(C)=O)CC[C@]5(C)[C@H]4C[C@@H](OC(C)=O)[C@]3(C)[C@H]2[C@H]1C. The van der Waals surface area contributed by atoms with Crippen molar-refractivity contribution in [3.63, 3.8) is 0 Å². The highest BCUT2D eigenvalue weighted by molar-refractivity contribution is 5.67. The van der Waals surface area contributed by atoms with Crippen LogP contribution in [0.4, 0.5) is 0 Å². The predicted octanol–water partition coefficient (Wildman–Crippen LogP) is 5.35. The van der Waals surface area contributed by atoms with Gasteiger partial charge in [0, 0.05) is 44.9 Å². The molecule has 5 aliphatic rings. The Balaban J connectivity index is 1.47. The third-order valence-electron chi connectivity index (χ3n) is 12.1. The summed E-state index contributed by atoms with van der Waals surface area (Å²) in [5, 5.41) is 12.3. The summed E-state index contributed by atoms with van der Waals surface area (Å²) >= 11 is 0. The largest absolute Gasteiger partial charge is 0.463 e. The standard InChI is InChI=1S/C33H50O8/c1-17(2)13-27(39-20(5)35)29-18(3)30-32(8)26(16-33(30,37)41-29)24-10-9-22-14-23(38-19(4)34)11-12-31(22,7)25(24)15-28(32)40-21(6)36/h18,22-30,37H,1,9-16H2,2-8H3/t18-,22-,23-,24+,25-,26-,27+,28+,29-,30+,31-,32+,33-/m0/s1. The maximum atomic E-state index is 12.5. The summed E-state index contributed by atoms with van der Waals surface area (Å²) in [5.41, 5.74) is 0.445. The van der Waals surface area contributed by atoms with Crippen LogP contribution in [0.25, 0.3) is 0 Å². The number of esters is 3. The van der Waals surface area contributed by atoms with Gasteiger partial charge in [-0.15, -0.1) is 0 Å². The van der Waals surface area contributed by atoms with Crippen LogP contribution in [0.1, 0.15) is 99.8 Å². The molecule has 230 valence electrons. The summed E-state index contributed by atoms with van der Waals surface area (Å²) in [6.45, 7) is 17.0. The van der Waals surface area contributed by atoms with Crippen molar-refractivity contribution in [3.05, 3.63) is 12.2 Å². The van der Waals surface area contributed by atoms with Gasteiger partial charge >= 0.3 is 17.9 Å². The van der Waals surface area contributed by atoms with Crippen LogP contribution in [-0.4, -0.2) is 53.2 Å². The molecule has 0 amide bonds. The maximum absolute atomic E-state index is 12.5. The Morgan fingerprint density at radius 2 is 1.66 bits per heavy atom.